The molecule has 0 bridgehead atoms. The summed E-state index contributed by atoms with van der Waals surface area (Å²) < 4.78 is 5.36. The standard InChI is InChI=1S/C14H17NOS/c1-14(2,3)13-15-11(9-17-13)10-7-5-6-8-12(10)16-4/h5-9H,1-4H3. The Kier molecular flexibility index (Phi) is 3.20. The third kappa shape index (κ3) is 2.50. The summed E-state index contributed by atoms with van der Waals surface area (Å²) in [7, 11) is 1.69. The zero-order valence-corrected chi connectivity index (χ0v) is 11.5. The van der Waals surface area contributed by atoms with Gasteiger partial charge in [0.05, 0.1) is 17.8 Å². The molecule has 2 nitrogen and oxygen atoms in total. The van der Waals surface area contributed by atoms with Gasteiger partial charge < -0.3 is 4.74 Å². The molecule has 0 aliphatic rings. The number of benzene rings is 1. The fourth-order valence-electron chi connectivity index (χ4n) is 1.60. The van der Waals surface area contributed by atoms with Crippen molar-refractivity contribution in [3.63, 3.8) is 0 Å². The number of thiazole rings is 1. The molecule has 90 valence electrons. The molecule has 0 amide bonds. The van der Waals surface area contributed by atoms with Gasteiger partial charge in [-0.3, -0.25) is 0 Å². The van der Waals surface area contributed by atoms with Crippen LogP contribution >= 0.6 is 11.3 Å². The normalized spacial score (nSPS) is 11.5. The largest absolute Gasteiger partial charge is 0.496 e. The minimum atomic E-state index is 0.102. The first-order valence-electron chi connectivity index (χ1n) is 5.62. The average molecular weight is 247 g/mol. The predicted molar refractivity (Wildman–Crippen MR) is 72.8 cm³/mol. The maximum absolute atomic E-state index is 5.36. The molecule has 2 aromatic rings. The van der Waals surface area contributed by atoms with Gasteiger partial charge >= 0.3 is 0 Å². The molecule has 1 aromatic heterocycles. The number of hydrogen-bond acceptors (Lipinski definition) is 3. The molecule has 0 atom stereocenters. The monoisotopic (exact) mass is 247 g/mol. The van der Waals surface area contributed by atoms with Crippen LogP contribution in [0.1, 0.15) is 25.8 Å². The third-order valence-corrected chi connectivity index (χ3v) is 3.80. The van der Waals surface area contributed by atoms with Gasteiger partial charge in [0.25, 0.3) is 0 Å². The van der Waals surface area contributed by atoms with Crippen LogP contribution < -0.4 is 4.74 Å². The molecule has 17 heavy (non-hydrogen) atoms. The number of para-hydroxylation sites is 1. The lowest BCUT2D eigenvalue weighted by atomic mass is 9.98. The number of nitrogens with zero attached hydrogens (tertiary/aromatic N) is 1. The van der Waals surface area contributed by atoms with Crippen molar-refractivity contribution in [3.8, 4) is 17.0 Å². The Morgan fingerprint density at radius 2 is 1.88 bits per heavy atom. The summed E-state index contributed by atoms with van der Waals surface area (Å²) in [6.45, 7) is 6.54. The Morgan fingerprint density at radius 1 is 1.18 bits per heavy atom. The van der Waals surface area contributed by atoms with E-state index in [1.54, 1.807) is 18.4 Å². The van der Waals surface area contributed by atoms with E-state index in [-0.39, 0.29) is 5.41 Å². The zero-order valence-electron chi connectivity index (χ0n) is 10.7. The van der Waals surface area contributed by atoms with Crippen molar-refractivity contribution in [2.24, 2.45) is 0 Å². The lowest BCUT2D eigenvalue weighted by molar-refractivity contribution is 0.416. The van der Waals surface area contributed by atoms with Gasteiger partial charge in [-0.1, -0.05) is 32.9 Å². The molecule has 2 rings (SSSR count). The van der Waals surface area contributed by atoms with Gasteiger partial charge in [-0.2, -0.15) is 0 Å². The summed E-state index contributed by atoms with van der Waals surface area (Å²) in [6.07, 6.45) is 0. The molecule has 1 heterocycles. The zero-order chi connectivity index (χ0) is 12.5. The van der Waals surface area contributed by atoms with Crippen molar-refractivity contribution in [1.29, 1.82) is 0 Å². The molecule has 0 spiro atoms. The first kappa shape index (κ1) is 12.1. The fourth-order valence-corrected chi connectivity index (χ4v) is 2.51. The molecule has 0 fully saturated rings. The topological polar surface area (TPSA) is 22.1 Å². The van der Waals surface area contributed by atoms with Crippen LogP contribution in [-0.4, -0.2) is 12.1 Å². The van der Waals surface area contributed by atoms with Crippen LogP contribution in [0.5, 0.6) is 5.75 Å². The van der Waals surface area contributed by atoms with E-state index >= 15 is 0 Å². The van der Waals surface area contributed by atoms with Gasteiger partial charge in [-0.15, -0.1) is 11.3 Å². The van der Waals surface area contributed by atoms with Crippen molar-refractivity contribution in [2.75, 3.05) is 7.11 Å². The van der Waals surface area contributed by atoms with E-state index in [4.69, 9.17) is 9.72 Å². The van der Waals surface area contributed by atoms with Gasteiger partial charge in [0.15, 0.2) is 0 Å². The number of hydrogen-bond donors (Lipinski definition) is 0. The number of methoxy groups -OCH3 is 1. The van der Waals surface area contributed by atoms with E-state index in [0.29, 0.717) is 0 Å². The average Bonchev–Trinajstić information content (AvgIpc) is 2.77. The van der Waals surface area contributed by atoms with Gasteiger partial charge in [0.1, 0.15) is 5.75 Å². The number of ether oxygens (including phenoxy) is 1. The second-order valence-electron chi connectivity index (χ2n) is 4.99. The van der Waals surface area contributed by atoms with Gasteiger partial charge in [0, 0.05) is 16.4 Å². The van der Waals surface area contributed by atoms with Crippen molar-refractivity contribution in [3.05, 3.63) is 34.7 Å². The first-order valence-corrected chi connectivity index (χ1v) is 6.50. The Hall–Kier alpha value is -1.35. The summed E-state index contributed by atoms with van der Waals surface area (Å²) in [5.41, 5.74) is 2.16. The lowest BCUT2D eigenvalue weighted by Gasteiger charge is -2.13. The highest BCUT2D eigenvalue weighted by Gasteiger charge is 2.19. The van der Waals surface area contributed by atoms with Crippen molar-refractivity contribution >= 4 is 11.3 Å². The van der Waals surface area contributed by atoms with Gasteiger partial charge in [0.2, 0.25) is 0 Å². The highest BCUT2D eigenvalue weighted by Crippen LogP contribution is 2.33. The summed E-state index contributed by atoms with van der Waals surface area (Å²) in [5, 5.41) is 3.25. The maximum Gasteiger partial charge on any atom is 0.128 e. The Balaban J connectivity index is 2.44. The minimum Gasteiger partial charge on any atom is -0.496 e. The third-order valence-electron chi connectivity index (χ3n) is 2.53. The van der Waals surface area contributed by atoms with Crippen molar-refractivity contribution in [2.45, 2.75) is 26.2 Å². The van der Waals surface area contributed by atoms with Crippen LogP contribution in [0.15, 0.2) is 29.6 Å². The van der Waals surface area contributed by atoms with E-state index < -0.39 is 0 Å². The van der Waals surface area contributed by atoms with Crippen LogP contribution in [0.25, 0.3) is 11.3 Å². The summed E-state index contributed by atoms with van der Waals surface area (Å²) in [6, 6.07) is 7.99. The highest BCUT2D eigenvalue weighted by atomic mass is 32.1. The highest BCUT2D eigenvalue weighted by molar-refractivity contribution is 7.10. The quantitative estimate of drug-likeness (QED) is 0.796. The molecule has 0 aliphatic heterocycles. The molecule has 0 saturated carbocycles. The molecule has 0 radical (unpaired) electrons. The van der Waals surface area contributed by atoms with E-state index in [0.717, 1.165) is 22.0 Å². The Morgan fingerprint density at radius 3 is 2.47 bits per heavy atom. The molecular weight excluding hydrogens is 230 g/mol. The maximum atomic E-state index is 5.36. The molecule has 0 unspecified atom stereocenters. The smallest absolute Gasteiger partial charge is 0.128 e. The molecule has 0 aliphatic carbocycles. The first-order chi connectivity index (χ1) is 8.02. The molecule has 1 aromatic carbocycles. The SMILES string of the molecule is COc1ccccc1-c1csc(C(C)(C)C)n1. The van der Waals surface area contributed by atoms with Crippen LogP contribution in [-0.2, 0) is 5.41 Å². The van der Waals surface area contributed by atoms with Crippen LogP contribution in [0.4, 0.5) is 0 Å². The lowest BCUT2D eigenvalue weighted by Crippen LogP contribution is -2.10. The van der Waals surface area contributed by atoms with Crippen LogP contribution in [0, 0.1) is 0 Å². The van der Waals surface area contributed by atoms with E-state index in [9.17, 15) is 0 Å². The fraction of sp³-hybridized carbons (Fsp3) is 0.357. The van der Waals surface area contributed by atoms with E-state index in [1.165, 1.54) is 0 Å². The minimum absolute atomic E-state index is 0.102. The Labute approximate surface area is 106 Å². The summed E-state index contributed by atoms with van der Waals surface area (Å²) >= 11 is 1.70. The van der Waals surface area contributed by atoms with Crippen molar-refractivity contribution in [1.82, 2.24) is 4.98 Å². The van der Waals surface area contributed by atoms with Gasteiger partial charge in [-0.05, 0) is 12.1 Å². The number of aromatic nitrogens is 1. The summed E-state index contributed by atoms with van der Waals surface area (Å²) in [5.74, 6) is 0.873. The van der Waals surface area contributed by atoms with E-state index in [1.807, 2.05) is 24.3 Å². The predicted octanol–water partition coefficient (Wildman–Crippen LogP) is 4.12. The molecule has 3 heteroatoms. The van der Waals surface area contributed by atoms with E-state index in [2.05, 4.69) is 26.2 Å². The molecular formula is C14H17NOS. The molecule has 0 N–H and O–H groups in total. The molecule has 0 saturated heterocycles. The summed E-state index contributed by atoms with van der Waals surface area (Å²) in [4.78, 5) is 4.70. The van der Waals surface area contributed by atoms with Crippen molar-refractivity contribution < 1.29 is 4.74 Å². The second-order valence-corrected chi connectivity index (χ2v) is 5.85. The van der Waals surface area contributed by atoms with Crippen LogP contribution in [0.2, 0.25) is 0 Å². The number of rotatable bonds is 2. The second kappa shape index (κ2) is 4.49. The van der Waals surface area contributed by atoms with Crippen LogP contribution in [0.3, 0.4) is 0 Å². The Bertz CT molecular complexity index is 511. The van der Waals surface area contributed by atoms with Gasteiger partial charge in [-0.25, -0.2) is 4.98 Å².